The van der Waals surface area contributed by atoms with Gasteiger partial charge in [0, 0.05) is 18.7 Å². The zero-order valence-electron chi connectivity index (χ0n) is 18.0. The average molecular weight is 438 g/mol. The summed E-state index contributed by atoms with van der Waals surface area (Å²) in [6, 6.07) is 13.7. The van der Waals surface area contributed by atoms with Gasteiger partial charge in [0.2, 0.25) is 0 Å². The second-order valence-corrected chi connectivity index (χ2v) is 7.28. The van der Waals surface area contributed by atoms with Crippen LogP contribution >= 0.6 is 0 Å². The van der Waals surface area contributed by atoms with E-state index in [-0.39, 0.29) is 24.8 Å². The van der Waals surface area contributed by atoms with Gasteiger partial charge in [-0.25, -0.2) is 0 Å². The molecule has 0 bridgehead atoms. The Morgan fingerprint density at radius 3 is 2.19 bits per heavy atom. The Labute approximate surface area is 186 Å². The number of hydrogen-bond acceptors (Lipinski definition) is 6. The van der Waals surface area contributed by atoms with E-state index >= 15 is 0 Å². The molecule has 0 aromatic heterocycles. The number of carbonyl (C=O) groups is 4. The van der Waals surface area contributed by atoms with Crippen LogP contribution in [-0.4, -0.2) is 48.3 Å². The first-order chi connectivity index (χ1) is 15.5. The van der Waals surface area contributed by atoms with Crippen LogP contribution in [0.2, 0.25) is 0 Å². The van der Waals surface area contributed by atoms with Crippen molar-refractivity contribution in [3.63, 3.8) is 0 Å². The zero-order valence-corrected chi connectivity index (χ0v) is 18.0. The first-order valence-corrected chi connectivity index (χ1v) is 10.6. The predicted molar refractivity (Wildman–Crippen MR) is 117 cm³/mol. The molecule has 0 saturated carbocycles. The SMILES string of the molecule is CCOc1ccc(NC(=O)COC(=O)CCCCCN2C(=O)c3ccccc3C2=O)cc1. The van der Waals surface area contributed by atoms with Gasteiger partial charge in [0.05, 0.1) is 17.7 Å². The highest BCUT2D eigenvalue weighted by molar-refractivity contribution is 6.21. The van der Waals surface area contributed by atoms with Crippen molar-refractivity contribution >= 4 is 29.4 Å². The topological polar surface area (TPSA) is 102 Å². The van der Waals surface area contributed by atoms with Crippen molar-refractivity contribution in [2.45, 2.75) is 32.6 Å². The highest BCUT2D eigenvalue weighted by Crippen LogP contribution is 2.23. The summed E-state index contributed by atoms with van der Waals surface area (Å²) in [5.41, 5.74) is 1.46. The van der Waals surface area contributed by atoms with Gasteiger partial charge in [-0.1, -0.05) is 18.6 Å². The third-order valence-corrected chi connectivity index (χ3v) is 4.95. The largest absolute Gasteiger partial charge is 0.494 e. The van der Waals surface area contributed by atoms with Gasteiger partial charge in [0.15, 0.2) is 6.61 Å². The normalized spacial score (nSPS) is 12.5. The van der Waals surface area contributed by atoms with Gasteiger partial charge in [0.1, 0.15) is 5.75 Å². The average Bonchev–Trinajstić information content (AvgIpc) is 3.04. The van der Waals surface area contributed by atoms with Crippen molar-refractivity contribution < 1.29 is 28.7 Å². The number of fused-ring (bicyclic) bond motifs is 1. The molecule has 1 N–H and O–H groups in total. The molecule has 0 fully saturated rings. The molecule has 168 valence electrons. The molecule has 0 atom stereocenters. The lowest BCUT2D eigenvalue weighted by molar-refractivity contribution is -0.147. The first-order valence-electron chi connectivity index (χ1n) is 10.6. The van der Waals surface area contributed by atoms with Gasteiger partial charge >= 0.3 is 5.97 Å². The quantitative estimate of drug-likeness (QED) is 0.328. The number of imide groups is 1. The molecule has 1 aliphatic heterocycles. The van der Waals surface area contributed by atoms with E-state index in [1.54, 1.807) is 48.5 Å². The number of amides is 3. The van der Waals surface area contributed by atoms with E-state index in [9.17, 15) is 19.2 Å². The number of carbonyl (C=O) groups excluding carboxylic acids is 4. The number of benzene rings is 2. The number of rotatable bonds is 11. The second kappa shape index (κ2) is 11.1. The third-order valence-electron chi connectivity index (χ3n) is 4.95. The fraction of sp³-hybridized carbons (Fsp3) is 0.333. The molecular formula is C24H26N2O6. The Hall–Kier alpha value is -3.68. The summed E-state index contributed by atoms with van der Waals surface area (Å²) in [6.07, 6.45) is 1.96. The van der Waals surface area contributed by atoms with E-state index in [0.29, 0.717) is 55.0 Å². The highest BCUT2D eigenvalue weighted by atomic mass is 16.5. The van der Waals surface area contributed by atoms with Crippen LogP contribution in [0.1, 0.15) is 53.3 Å². The van der Waals surface area contributed by atoms with E-state index < -0.39 is 11.9 Å². The minimum Gasteiger partial charge on any atom is -0.494 e. The van der Waals surface area contributed by atoms with E-state index in [1.165, 1.54) is 4.90 Å². The number of ether oxygens (including phenoxy) is 2. The fourth-order valence-electron chi connectivity index (χ4n) is 3.37. The fourth-order valence-corrected chi connectivity index (χ4v) is 3.37. The number of hydrogen-bond donors (Lipinski definition) is 1. The third kappa shape index (κ3) is 5.94. The number of nitrogens with zero attached hydrogens (tertiary/aromatic N) is 1. The molecule has 0 aliphatic carbocycles. The van der Waals surface area contributed by atoms with Crippen molar-refractivity contribution in [2.24, 2.45) is 0 Å². The number of unbranched alkanes of at least 4 members (excludes halogenated alkanes) is 2. The van der Waals surface area contributed by atoms with E-state index in [2.05, 4.69) is 5.32 Å². The van der Waals surface area contributed by atoms with Gasteiger partial charge in [-0.2, -0.15) is 0 Å². The van der Waals surface area contributed by atoms with Crippen LogP contribution in [0.25, 0.3) is 0 Å². The van der Waals surface area contributed by atoms with Crippen molar-refractivity contribution in [3.05, 3.63) is 59.7 Å². The maximum atomic E-state index is 12.3. The Kier molecular flexibility index (Phi) is 7.96. The molecule has 1 heterocycles. The summed E-state index contributed by atoms with van der Waals surface area (Å²) in [6.45, 7) is 2.40. The molecule has 32 heavy (non-hydrogen) atoms. The molecule has 0 radical (unpaired) electrons. The standard InChI is InChI=1S/C24H26N2O6/c1-2-31-18-13-11-17(12-14-18)25-21(27)16-32-22(28)10-4-3-7-15-26-23(29)19-8-5-6-9-20(19)24(26)30/h5-6,8-9,11-14H,2-4,7,10,15-16H2,1H3,(H,25,27). The summed E-state index contributed by atoms with van der Waals surface area (Å²) < 4.78 is 10.3. The van der Waals surface area contributed by atoms with Crippen LogP contribution in [-0.2, 0) is 14.3 Å². The summed E-state index contributed by atoms with van der Waals surface area (Å²) in [5, 5.41) is 2.65. The highest BCUT2D eigenvalue weighted by Gasteiger charge is 2.34. The molecule has 2 aromatic carbocycles. The summed E-state index contributed by atoms with van der Waals surface area (Å²) in [4.78, 5) is 49.6. The van der Waals surface area contributed by atoms with E-state index in [4.69, 9.17) is 9.47 Å². The molecule has 0 spiro atoms. The van der Waals surface area contributed by atoms with Crippen molar-refractivity contribution in [1.29, 1.82) is 0 Å². The Balaban J connectivity index is 1.29. The summed E-state index contributed by atoms with van der Waals surface area (Å²) >= 11 is 0. The van der Waals surface area contributed by atoms with Crippen molar-refractivity contribution in [1.82, 2.24) is 4.90 Å². The van der Waals surface area contributed by atoms with Crippen LogP contribution in [0, 0.1) is 0 Å². The molecule has 3 amide bonds. The van der Waals surface area contributed by atoms with Gasteiger partial charge in [-0.15, -0.1) is 0 Å². The molecule has 8 nitrogen and oxygen atoms in total. The molecule has 0 saturated heterocycles. The van der Waals surface area contributed by atoms with Crippen LogP contribution < -0.4 is 10.1 Å². The van der Waals surface area contributed by atoms with Crippen LogP contribution in [0.4, 0.5) is 5.69 Å². The molecule has 0 unspecified atom stereocenters. The lowest BCUT2D eigenvalue weighted by Crippen LogP contribution is -2.30. The molecule has 1 aliphatic rings. The monoisotopic (exact) mass is 438 g/mol. The lowest BCUT2D eigenvalue weighted by atomic mass is 10.1. The number of nitrogens with one attached hydrogen (secondary N) is 1. The maximum absolute atomic E-state index is 12.3. The Morgan fingerprint density at radius 1 is 0.906 bits per heavy atom. The molecule has 8 heteroatoms. The summed E-state index contributed by atoms with van der Waals surface area (Å²) in [7, 11) is 0. The van der Waals surface area contributed by atoms with Gasteiger partial charge < -0.3 is 14.8 Å². The number of esters is 1. The van der Waals surface area contributed by atoms with Gasteiger partial charge in [-0.3, -0.25) is 24.1 Å². The van der Waals surface area contributed by atoms with Crippen LogP contribution in [0.15, 0.2) is 48.5 Å². The van der Waals surface area contributed by atoms with Crippen LogP contribution in [0.5, 0.6) is 5.75 Å². The Morgan fingerprint density at radius 2 is 1.56 bits per heavy atom. The van der Waals surface area contributed by atoms with Crippen molar-refractivity contribution in [2.75, 3.05) is 25.1 Å². The van der Waals surface area contributed by atoms with Crippen molar-refractivity contribution in [3.8, 4) is 5.75 Å². The first kappa shape index (κ1) is 23.0. The minimum atomic E-state index is -0.465. The maximum Gasteiger partial charge on any atom is 0.306 e. The minimum absolute atomic E-state index is 0.165. The Bertz CT molecular complexity index is 951. The molecule has 3 rings (SSSR count). The van der Waals surface area contributed by atoms with Gasteiger partial charge in [0.25, 0.3) is 17.7 Å². The van der Waals surface area contributed by atoms with Gasteiger partial charge in [-0.05, 0) is 56.2 Å². The smallest absolute Gasteiger partial charge is 0.306 e. The predicted octanol–water partition coefficient (Wildman–Crippen LogP) is 3.42. The zero-order chi connectivity index (χ0) is 22.9. The molecular weight excluding hydrogens is 412 g/mol. The number of anilines is 1. The van der Waals surface area contributed by atoms with Crippen LogP contribution in [0.3, 0.4) is 0 Å². The van der Waals surface area contributed by atoms with E-state index in [0.717, 1.165) is 0 Å². The molecule has 2 aromatic rings. The van der Waals surface area contributed by atoms with E-state index in [1.807, 2.05) is 6.92 Å². The lowest BCUT2D eigenvalue weighted by Gasteiger charge is -2.13. The second-order valence-electron chi connectivity index (χ2n) is 7.28. The summed E-state index contributed by atoms with van der Waals surface area (Å²) in [5.74, 6) is -0.729.